The maximum absolute atomic E-state index is 13.1. The number of rotatable bonds is 1. The van der Waals surface area contributed by atoms with Crippen molar-refractivity contribution in [1.82, 2.24) is 5.32 Å². The van der Waals surface area contributed by atoms with Gasteiger partial charge in [-0.2, -0.15) is 0 Å². The van der Waals surface area contributed by atoms with Gasteiger partial charge in [0.25, 0.3) is 0 Å². The molecule has 1 N–H and O–H groups in total. The molecule has 2 rings (SSSR count). The SMILES string of the molecule is CC1(c2ccc(F)c(Br)c2)COCC(=O)N1. The van der Waals surface area contributed by atoms with Gasteiger partial charge in [-0.05, 0) is 40.5 Å². The van der Waals surface area contributed by atoms with Crippen LogP contribution in [-0.2, 0) is 15.1 Å². The third-order valence-electron chi connectivity index (χ3n) is 2.60. The summed E-state index contributed by atoms with van der Waals surface area (Å²) in [7, 11) is 0. The highest BCUT2D eigenvalue weighted by atomic mass is 79.9. The van der Waals surface area contributed by atoms with Crippen LogP contribution in [0.5, 0.6) is 0 Å². The second-order valence-corrected chi connectivity index (χ2v) is 4.86. The van der Waals surface area contributed by atoms with E-state index in [1.54, 1.807) is 12.1 Å². The van der Waals surface area contributed by atoms with Crippen LogP contribution >= 0.6 is 15.9 Å². The van der Waals surface area contributed by atoms with Gasteiger partial charge < -0.3 is 10.1 Å². The third-order valence-corrected chi connectivity index (χ3v) is 3.20. The van der Waals surface area contributed by atoms with E-state index in [9.17, 15) is 9.18 Å². The van der Waals surface area contributed by atoms with Crippen LogP contribution in [0.25, 0.3) is 0 Å². The Labute approximate surface area is 101 Å². The highest BCUT2D eigenvalue weighted by Crippen LogP contribution is 2.27. The topological polar surface area (TPSA) is 38.3 Å². The number of nitrogens with one attached hydrogen (secondary N) is 1. The number of hydrogen-bond donors (Lipinski definition) is 1. The molecule has 5 heteroatoms. The highest BCUT2D eigenvalue weighted by Gasteiger charge is 2.33. The molecule has 1 saturated heterocycles. The van der Waals surface area contributed by atoms with E-state index in [0.717, 1.165) is 5.56 Å². The first-order valence-electron chi connectivity index (χ1n) is 4.85. The van der Waals surface area contributed by atoms with Crippen molar-refractivity contribution in [2.75, 3.05) is 13.2 Å². The van der Waals surface area contributed by atoms with Gasteiger partial charge in [-0.25, -0.2) is 4.39 Å². The molecule has 0 aromatic heterocycles. The Morgan fingerprint density at radius 1 is 1.56 bits per heavy atom. The number of carbonyl (C=O) groups excluding carboxylic acids is 1. The summed E-state index contributed by atoms with van der Waals surface area (Å²) in [6, 6.07) is 4.67. The van der Waals surface area contributed by atoms with Crippen molar-refractivity contribution < 1.29 is 13.9 Å². The minimum absolute atomic E-state index is 0.0813. The van der Waals surface area contributed by atoms with Gasteiger partial charge in [0.05, 0.1) is 16.6 Å². The van der Waals surface area contributed by atoms with Crippen molar-refractivity contribution in [3.63, 3.8) is 0 Å². The fourth-order valence-corrected chi connectivity index (χ4v) is 2.10. The van der Waals surface area contributed by atoms with E-state index in [0.29, 0.717) is 11.1 Å². The predicted molar refractivity (Wildman–Crippen MR) is 60.4 cm³/mol. The van der Waals surface area contributed by atoms with Crippen molar-refractivity contribution >= 4 is 21.8 Å². The van der Waals surface area contributed by atoms with Gasteiger partial charge >= 0.3 is 0 Å². The second kappa shape index (κ2) is 4.14. The Hall–Kier alpha value is -0.940. The molecule has 1 amide bonds. The van der Waals surface area contributed by atoms with Gasteiger partial charge in [0.15, 0.2) is 0 Å². The minimum atomic E-state index is -0.592. The molecule has 0 bridgehead atoms. The molecule has 0 aliphatic carbocycles. The number of carbonyl (C=O) groups is 1. The first kappa shape index (κ1) is 11.5. The summed E-state index contributed by atoms with van der Waals surface area (Å²) >= 11 is 3.12. The monoisotopic (exact) mass is 287 g/mol. The van der Waals surface area contributed by atoms with E-state index < -0.39 is 5.54 Å². The minimum Gasteiger partial charge on any atom is -0.369 e. The molecule has 1 aliphatic heterocycles. The summed E-state index contributed by atoms with van der Waals surface area (Å²) in [5.41, 5.74) is 0.222. The molecule has 1 aromatic rings. The summed E-state index contributed by atoms with van der Waals surface area (Å²) in [6.07, 6.45) is 0. The molecule has 0 saturated carbocycles. The Kier molecular flexibility index (Phi) is 2.99. The molecule has 1 aliphatic rings. The van der Waals surface area contributed by atoms with Crippen LogP contribution in [0.1, 0.15) is 12.5 Å². The molecule has 1 atom stereocenters. The zero-order chi connectivity index (χ0) is 11.8. The normalized spacial score (nSPS) is 25.3. The Balaban J connectivity index is 2.34. The van der Waals surface area contributed by atoms with Crippen molar-refractivity contribution in [3.8, 4) is 0 Å². The number of ether oxygens (including phenoxy) is 1. The van der Waals surface area contributed by atoms with Crippen molar-refractivity contribution in [2.45, 2.75) is 12.5 Å². The van der Waals surface area contributed by atoms with Crippen molar-refractivity contribution in [3.05, 3.63) is 34.1 Å². The van der Waals surface area contributed by atoms with E-state index in [1.807, 2.05) is 6.92 Å². The molecule has 86 valence electrons. The number of morpholine rings is 1. The van der Waals surface area contributed by atoms with Crippen LogP contribution in [0.3, 0.4) is 0 Å². The summed E-state index contributed by atoms with van der Waals surface area (Å²) < 4.78 is 18.7. The summed E-state index contributed by atoms with van der Waals surface area (Å²) in [4.78, 5) is 11.3. The summed E-state index contributed by atoms with van der Waals surface area (Å²) in [6.45, 7) is 2.32. The number of benzene rings is 1. The largest absolute Gasteiger partial charge is 0.369 e. The van der Waals surface area contributed by atoms with Crippen LogP contribution < -0.4 is 5.32 Å². The Morgan fingerprint density at radius 2 is 2.31 bits per heavy atom. The van der Waals surface area contributed by atoms with Crippen molar-refractivity contribution in [2.24, 2.45) is 0 Å². The average molecular weight is 288 g/mol. The lowest BCUT2D eigenvalue weighted by Gasteiger charge is -2.34. The van der Waals surface area contributed by atoms with E-state index >= 15 is 0 Å². The van der Waals surface area contributed by atoms with Gasteiger partial charge in [-0.1, -0.05) is 6.07 Å². The number of hydrogen-bond acceptors (Lipinski definition) is 2. The lowest BCUT2D eigenvalue weighted by molar-refractivity contribution is -0.135. The first-order valence-corrected chi connectivity index (χ1v) is 5.65. The zero-order valence-electron chi connectivity index (χ0n) is 8.72. The van der Waals surface area contributed by atoms with Crippen LogP contribution in [0, 0.1) is 5.82 Å². The van der Waals surface area contributed by atoms with E-state index in [2.05, 4.69) is 21.2 Å². The van der Waals surface area contributed by atoms with Gasteiger partial charge in [0.1, 0.15) is 12.4 Å². The molecule has 3 nitrogen and oxygen atoms in total. The van der Waals surface area contributed by atoms with Gasteiger partial charge in [0.2, 0.25) is 5.91 Å². The Morgan fingerprint density at radius 3 is 2.94 bits per heavy atom. The van der Waals surface area contributed by atoms with Crippen LogP contribution in [0.4, 0.5) is 4.39 Å². The van der Waals surface area contributed by atoms with Gasteiger partial charge in [0, 0.05) is 0 Å². The maximum Gasteiger partial charge on any atom is 0.246 e. The summed E-state index contributed by atoms with van der Waals surface area (Å²) in [5.74, 6) is -0.482. The molecule has 1 fully saturated rings. The van der Waals surface area contributed by atoms with E-state index in [-0.39, 0.29) is 18.3 Å². The fraction of sp³-hybridized carbons (Fsp3) is 0.364. The standard InChI is InChI=1S/C11H11BrFNO2/c1-11(6-16-5-10(15)14-11)7-2-3-9(13)8(12)4-7/h2-4H,5-6H2,1H3,(H,14,15). The lowest BCUT2D eigenvalue weighted by atomic mass is 9.92. The lowest BCUT2D eigenvalue weighted by Crippen LogP contribution is -2.52. The van der Waals surface area contributed by atoms with E-state index in [4.69, 9.17) is 4.74 Å². The molecule has 16 heavy (non-hydrogen) atoms. The van der Waals surface area contributed by atoms with Crippen LogP contribution in [-0.4, -0.2) is 19.1 Å². The maximum atomic E-state index is 13.1. The van der Waals surface area contributed by atoms with Crippen molar-refractivity contribution in [1.29, 1.82) is 0 Å². The fourth-order valence-electron chi connectivity index (χ4n) is 1.72. The van der Waals surface area contributed by atoms with Gasteiger partial charge in [-0.3, -0.25) is 4.79 Å². The summed E-state index contributed by atoms with van der Waals surface area (Å²) in [5, 5.41) is 2.85. The molecule has 0 radical (unpaired) electrons. The van der Waals surface area contributed by atoms with E-state index in [1.165, 1.54) is 6.07 Å². The molecular weight excluding hydrogens is 277 g/mol. The third kappa shape index (κ3) is 2.10. The number of amides is 1. The smallest absolute Gasteiger partial charge is 0.246 e. The van der Waals surface area contributed by atoms with Crippen LogP contribution in [0.2, 0.25) is 0 Å². The zero-order valence-corrected chi connectivity index (χ0v) is 10.3. The van der Waals surface area contributed by atoms with Gasteiger partial charge in [-0.15, -0.1) is 0 Å². The highest BCUT2D eigenvalue weighted by molar-refractivity contribution is 9.10. The second-order valence-electron chi connectivity index (χ2n) is 4.00. The average Bonchev–Trinajstić information content (AvgIpc) is 2.21. The predicted octanol–water partition coefficient (Wildman–Crippen LogP) is 1.95. The molecule has 1 heterocycles. The molecule has 1 unspecified atom stereocenters. The first-order chi connectivity index (χ1) is 7.51. The number of halogens is 2. The van der Waals surface area contributed by atoms with Crippen LogP contribution in [0.15, 0.2) is 22.7 Å². The molecule has 1 aromatic carbocycles. The quantitative estimate of drug-likeness (QED) is 0.857. The Bertz CT molecular complexity index is 438. The molecular formula is C11H11BrFNO2. The molecule has 0 spiro atoms.